The number of piperazine rings is 1. The zero-order chi connectivity index (χ0) is 24.2. The van der Waals surface area contributed by atoms with Crippen LogP contribution in [0, 0.1) is 10.1 Å². The standard InChI is InChI=1S/C24H29ClN4O5/c1-34-23-15-21(20(25)14-22(23)29(32)33)26-9-7-18(8-10-26)27-11-12-28(24(30)31)19(16-27)13-17-5-3-2-4-6-17/h2-6,14-15,18-19H,7-13,16H2,1H3,(H,30,31). The fourth-order valence-corrected chi connectivity index (χ4v) is 5.35. The van der Waals surface area contributed by atoms with Crippen LogP contribution in [0.25, 0.3) is 0 Å². The molecule has 2 heterocycles. The Kier molecular flexibility index (Phi) is 7.43. The van der Waals surface area contributed by atoms with Crippen LogP contribution in [0.2, 0.25) is 5.02 Å². The first kappa shape index (κ1) is 24.1. The van der Waals surface area contributed by atoms with Crippen LogP contribution in [-0.2, 0) is 6.42 Å². The third kappa shape index (κ3) is 5.20. The number of amides is 1. The second-order valence-electron chi connectivity index (χ2n) is 8.77. The minimum atomic E-state index is -0.864. The molecule has 182 valence electrons. The molecule has 0 aliphatic carbocycles. The minimum absolute atomic E-state index is 0.0833. The fourth-order valence-electron chi connectivity index (χ4n) is 5.08. The van der Waals surface area contributed by atoms with Crippen molar-refractivity contribution in [3.8, 4) is 5.75 Å². The van der Waals surface area contributed by atoms with Gasteiger partial charge in [-0.1, -0.05) is 41.9 Å². The minimum Gasteiger partial charge on any atom is -0.490 e. The highest BCUT2D eigenvalue weighted by Crippen LogP contribution is 2.39. The van der Waals surface area contributed by atoms with Crippen molar-refractivity contribution in [2.24, 2.45) is 0 Å². The number of nitro groups is 1. The molecule has 0 spiro atoms. The molecule has 2 aliphatic rings. The molecular formula is C24H29ClN4O5. The first-order valence-electron chi connectivity index (χ1n) is 11.4. The SMILES string of the molecule is COc1cc(N2CCC(N3CCN(C(=O)O)C(Cc4ccccc4)C3)CC2)c(Cl)cc1[N+](=O)[O-]. The van der Waals surface area contributed by atoms with E-state index in [2.05, 4.69) is 9.80 Å². The predicted octanol–water partition coefficient (Wildman–Crippen LogP) is 4.13. The van der Waals surface area contributed by atoms with Gasteiger partial charge in [-0.2, -0.15) is 0 Å². The van der Waals surface area contributed by atoms with E-state index >= 15 is 0 Å². The van der Waals surface area contributed by atoms with E-state index in [9.17, 15) is 20.0 Å². The van der Waals surface area contributed by atoms with Crippen molar-refractivity contribution < 1.29 is 19.6 Å². The smallest absolute Gasteiger partial charge is 0.407 e. The highest BCUT2D eigenvalue weighted by molar-refractivity contribution is 6.33. The lowest BCUT2D eigenvalue weighted by Gasteiger charge is -2.46. The van der Waals surface area contributed by atoms with Gasteiger partial charge in [-0.3, -0.25) is 15.0 Å². The molecular weight excluding hydrogens is 460 g/mol. The quantitative estimate of drug-likeness (QED) is 0.482. The maximum Gasteiger partial charge on any atom is 0.407 e. The van der Waals surface area contributed by atoms with Crippen molar-refractivity contribution in [3.05, 3.63) is 63.2 Å². The summed E-state index contributed by atoms with van der Waals surface area (Å²) in [5, 5.41) is 21.3. The van der Waals surface area contributed by atoms with Crippen LogP contribution in [-0.4, -0.2) is 77.8 Å². The number of nitro benzene ring substituents is 1. The fraction of sp³-hybridized carbons (Fsp3) is 0.458. The van der Waals surface area contributed by atoms with Crippen molar-refractivity contribution in [1.82, 2.24) is 9.80 Å². The monoisotopic (exact) mass is 488 g/mol. The molecule has 0 aromatic heterocycles. The molecule has 1 atom stereocenters. The number of nitrogens with zero attached hydrogens (tertiary/aromatic N) is 4. The maximum atomic E-state index is 11.8. The topological polar surface area (TPSA) is 99.4 Å². The van der Waals surface area contributed by atoms with Crippen LogP contribution < -0.4 is 9.64 Å². The van der Waals surface area contributed by atoms with Gasteiger partial charge in [-0.05, 0) is 24.8 Å². The zero-order valence-electron chi connectivity index (χ0n) is 19.1. The lowest BCUT2D eigenvalue weighted by molar-refractivity contribution is -0.385. The third-order valence-corrected chi connectivity index (χ3v) is 7.14. The number of methoxy groups -OCH3 is 1. The van der Waals surface area contributed by atoms with E-state index in [-0.39, 0.29) is 17.5 Å². The number of carboxylic acid groups (broad SMARTS) is 1. The first-order chi connectivity index (χ1) is 16.4. The number of anilines is 1. The molecule has 1 N–H and O–H groups in total. The maximum absolute atomic E-state index is 11.8. The molecule has 2 fully saturated rings. The summed E-state index contributed by atoms with van der Waals surface area (Å²) in [7, 11) is 1.41. The number of halogens is 1. The van der Waals surface area contributed by atoms with E-state index < -0.39 is 11.0 Å². The lowest BCUT2D eigenvalue weighted by atomic mass is 9.97. The first-order valence-corrected chi connectivity index (χ1v) is 11.8. The van der Waals surface area contributed by atoms with Crippen molar-refractivity contribution in [3.63, 3.8) is 0 Å². The molecule has 2 aromatic carbocycles. The second kappa shape index (κ2) is 10.5. The molecule has 1 unspecified atom stereocenters. The number of hydrogen-bond donors (Lipinski definition) is 1. The molecule has 2 aromatic rings. The van der Waals surface area contributed by atoms with Crippen LogP contribution >= 0.6 is 11.6 Å². The van der Waals surface area contributed by atoms with E-state index in [1.54, 1.807) is 11.0 Å². The Morgan fingerprint density at radius 1 is 1.18 bits per heavy atom. The molecule has 2 aliphatic heterocycles. The van der Waals surface area contributed by atoms with Gasteiger partial charge in [0, 0.05) is 50.9 Å². The Balaban J connectivity index is 1.42. The molecule has 1 amide bonds. The summed E-state index contributed by atoms with van der Waals surface area (Å²) in [6.07, 6.45) is 1.64. The molecule has 0 saturated carbocycles. The van der Waals surface area contributed by atoms with Crippen LogP contribution in [0.15, 0.2) is 42.5 Å². The highest BCUT2D eigenvalue weighted by Gasteiger charge is 2.35. The van der Waals surface area contributed by atoms with Gasteiger partial charge >= 0.3 is 11.8 Å². The molecule has 9 nitrogen and oxygen atoms in total. The molecule has 2 saturated heterocycles. The normalized spacial score (nSPS) is 19.8. The summed E-state index contributed by atoms with van der Waals surface area (Å²) >= 11 is 6.39. The van der Waals surface area contributed by atoms with Crippen LogP contribution in [0.5, 0.6) is 5.75 Å². The number of piperidine rings is 1. The molecule has 4 rings (SSSR count). The van der Waals surface area contributed by atoms with Crippen LogP contribution in [0.4, 0.5) is 16.2 Å². The van der Waals surface area contributed by atoms with E-state index in [4.69, 9.17) is 16.3 Å². The zero-order valence-corrected chi connectivity index (χ0v) is 19.9. The van der Waals surface area contributed by atoms with Gasteiger partial charge < -0.3 is 19.6 Å². The molecule has 34 heavy (non-hydrogen) atoms. The van der Waals surface area contributed by atoms with Crippen molar-refractivity contribution in [2.75, 3.05) is 44.7 Å². The van der Waals surface area contributed by atoms with Crippen molar-refractivity contribution >= 4 is 29.1 Å². The predicted molar refractivity (Wildman–Crippen MR) is 130 cm³/mol. The number of hydrogen-bond acceptors (Lipinski definition) is 6. The van der Waals surface area contributed by atoms with E-state index in [1.165, 1.54) is 13.2 Å². The van der Waals surface area contributed by atoms with Crippen LogP contribution in [0.1, 0.15) is 18.4 Å². The largest absolute Gasteiger partial charge is 0.490 e. The summed E-state index contributed by atoms with van der Waals surface area (Å²) in [6, 6.07) is 13.3. The van der Waals surface area contributed by atoms with Crippen LogP contribution in [0.3, 0.4) is 0 Å². The summed E-state index contributed by atoms with van der Waals surface area (Å²) in [4.78, 5) is 28.7. The van der Waals surface area contributed by atoms with Gasteiger partial charge in [0.1, 0.15) is 0 Å². The van der Waals surface area contributed by atoms with E-state index in [0.717, 1.165) is 37.2 Å². The van der Waals surface area contributed by atoms with Crippen molar-refractivity contribution in [1.29, 1.82) is 0 Å². The van der Waals surface area contributed by atoms with E-state index in [1.807, 2.05) is 30.3 Å². The Bertz CT molecular complexity index is 1030. The van der Waals surface area contributed by atoms with Gasteiger partial charge in [0.2, 0.25) is 0 Å². The van der Waals surface area contributed by atoms with Gasteiger partial charge in [0.15, 0.2) is 5.75 Å². The number of carbonyl (C=O) groups is 1. The van der Waals surface area contributed by atoms with Crippen molar-refractivity contribution in [2.45, 2.75) is 31.3 Å². The van der Waals surface area contributed by atoms with Gasteiger partial charge in [0.25, 0.3) is 0 Å². The van der Waals surface area contributed by atoms with Gasteiger partial charge in [0.05, 0.1) is 28.8 Å². The number of benzene rings is 2. The molecule has 0 bridgehead atoms. The molecule has 10 heteroatoms. The number of ether oxygens (including phenoxy) is 1. The summed E-state index contributed by atoms with van der Waals surface area (Å²) in [5.74, 6) is 0.195. The Morgan fingerprint density at radius 2 is 1.88 bits per heavy atom. The Morgan fingerprint density at radius 3 is 2.50 bits per heavy atom. The lowest BCUT2D eigenvalue weighted by Crippen LogP contribution is -2.59. The average molecular weight is 489 g/mol. The van der Waals surface area contributed by atoms with E-state index in [0.29, 0.717) is 37.1 Å². The Labute approximate surface area is 203 Å². The third-order valence-electron chi connectivity index (χ3n) is 6.84. The Hall–Kier alpha value is -3.04. The van der Waals surface area contributed by atoms with Gasteiger partial charge in [-0.15, -0.1) is 0 Å². The summed E-state index contributed by atoms with van der Waals surface area (Å²) < 4.78 is 5.21. The van der Waals surface area contributed by atoms with Gasteiger partial charge in [-0.25, -0.2) is 4.79 Å². The molecule has 0 radical (unpaired) electrons. The summed E-state index contributed by atoms with van der Waals surface area (Å²) in [5.41, 5.74) is 1.73. The highest BCUT2D eigenvalue weighted by atomic mass is 35.5. The number of rotatable bonds is 6. The summed E-state index contributed by atoms with van der Waals surface area (Å²) in [6.45, 7) is 3.44. The average Bonchev–Trinajstić information content (AvgIpc) is 2.84. The second-order valence-corrected chi connectivity index (χ2v) is 9.17.